The molecule has 2 amide bonds. The van der Waals surface area contributed by atoms with E-state index in [9.17, 15) is 9.59 Å². The average Bonchev–Trinajstić information content (AvgIpc) is 3.43. The number of amides is 2. The molecule has 2 aromatic heterocycles. The van der Waals surface area contributed by atoms with Gasteiger partial charge in [-0.25, -0.2) is 4.98 Å². The van der Waals surface area contributed by atoms with E-state index in [0.29, 0.717) is 66.7 Å². The summed E-state index contributed by atoms with van der Waals surface area (Å²) in [5, 5.41) is 5.84. The molecule has 218 valence electrons. The van der Waals surface area contributed by atoms with E-state index in [4.69, 9.17) is 30.2 Å². The standard InChI is InChI=1S/C28H32N10O4/c1-17(23(29)39)30-25(40)19-4-7-21-22(16-19)33-26(32-21)31-20-5-2-18(3-6-20)24-34-27(37-8-12-41-13-9-37)36-28(35-24)38-10-14-42-15-11-38/h2-7,16-17H,8-15H2,1H3,(H2,29,39)(H,30,40)(H2,31,32,33)/t17-/m0/s1. The molecular formula is C28H32N10O4. The number of hydrogen-bond acceptors (Lipinski definition) is 11. The van der Waals surface area contributed by atoms with Crippen molar-refractivity contribution >= 4 is 46.4 Å². The number of carbonyl (C=O) groups is 2. The minimum atomic E-state index is -0.773. The van der Waals surface area contributed by atoms with Crippen LogP contribution in [0.2, 0.25) is 0 Å². The summed E-state index contributed by atoms with van der Waals surface area (Å²) in [5.41, 5.74) is 8.66. The zero-order valence-corrected chi connectivity index (χ0v) is 23.2. The van der Waals surface area contributed by atoms with Gasteiger partial charge in [0.05, 0.1) is 37.5 Å². The van der Waals surface area contributed by atoms with Crippen molar-refractivity contribution in [1.29, 1.82) is 0 Å². The van der Waals surface area contributed by atoms with Crippen LogP contribution in [0.1, 0.15) is 17.3 Å². The van der Waals surface area contributed by atoms with E-state index in [1.165, 1.54) is 6.92 Å². The molecule has 0 aliphatic carbocycles. The Morgan fingerprint density at radius 3 is 2.10 bits per heavy atom. The van der Waals surface area contributed by atoms with E-state index in [0.717, 1.165) is 37.4 Å². The van der Waals surface area contributed by atoms with Gasteiger partial charge in [0.15, 0.2) is 5.82 Å². The van der Waals surface area contributed by atoms with Crippen LogP contribution in [-0.2, 0) is 14.3 Å². The van der Waals surface area contributed by atoms with Gasteiger partial charge in [0, 0.05) is 43.0 Å². The minimum absolute atomic E-state index is 0.389. The number of carbonyl (C=O) groups excluding carboxylic acids is 2. The van der Waals surface area contributed by atoms with Gasteiger partial charge in [-0.3, -0.25) is 9.59 Å². The number of nitrogens with one attached hydrogen (secondary N) is 3. The van der Waals surface area contributed by atoms with Gasteiger partial charge < -0.3 is 40.6 Å². The van der Waals surface area contributed by atoms with E-state index >= 15 is 0 Å². The van der Waals surface area contributed by atoms with Crippen molar-refractivity contribution in [2.75, 3.05) is 67.7 Å². The van der Waals surface area contributed by atoms with Gasteiger partial charge in [0.1, 0.15) is 6.04 Å². The van der Waals surface area contributed by atoms with Gasteiger partial charge in [-0.15, -0.1) is 0 Å². The number of ether oxygens (including phenoxy) is 2. The Labute approximate surface area is 241 Å². The van der Waals surface area contributed by atoms with Crippen molar-refractivity contribution in [2.45, 2.75) is 13.0 Å². The molecule has 4 heterocycles. The van der Waals surface area contributed by atoms with Crippen LogP contribution < -0.4 is 26.2 Å². The molecule has 2 aromatic carbocycles. The van der Waals surface area contributed by atoms with Gasteiger partial charge in [-0.2, -0.15) is 15.0 Å². The highest BCUT2D eigenvalue weighted by Gasteiger charge is 2.21. The number of hydrogen-bond donors (Lipinski definition) is 4. The van der Waals surface area contributed by atoms with E-state index in [2.05, 4.69) is 30.4 Å². The molecular weight excluding hydrogens is 540 g/mol. The van der Waals surface area contributed by atoms with Gasteiger partial charge >= 0.3 is 0 Å². The normalized spacial score (nSPS) is 16.3. The lowest BCUT2D eigenvalue weighted by Gasteiger charge is -2.30. The Bertz CT molecular complexity index is 1540. The van der Waals surface area contributed by atoms with Crippen LogP contribution in [-0.4, -0.2) is 95.4 Å². The maximum atomic E-state index is 12.5. The third-order valence-corrected chi connectivity index (χ3v) is 7.12. The summed E-state index contributed by atoms with van der Waals surface area (Å²) in [6, 6.07) is 12.1. The molecule has 42 heavy (non-hydrogen) atoms. The maximum Gasteiger partial charge on any atom is 0.251 e. The zero-order valence-electron chi connectivity index (χ0n) is 23.2. The van der Waals surface area contributed by atoms with Crippen molar-refractivity contribution in [3.63, 3.8) is 0 Å². The summed E-state index contributed by atoms with van der Waals surface area (Å²) in [6.07, 6.45) is 0. The Morgan fingerprint density at radius 1 is 0.881 bits per heavy atom. The number of nitrogens with two attached hydrogens (primary N) is 1. The van der Waals surface area contributed by atoms with Crippen molar-refractivity contribution in [3.8, 4) is 11.4 Å². The number of H-pyrrole nitrogens is 1. The average molecular weight is 573 g/mol. The predicted octanol–water partition coefficient (Wildman–Crippen LogP) is 1.44. The lowest BCUT2D eigenvalue weighted by molar-refractivity contribution is -0.119. The molecule has 0 spiro atoms. The predicted molar refractivity (Wildman–Crippen MR) is 157 cm³/mol. The maximum absolute atomic E-state index is 12.5. The quantitative estimate of drug-likeness (QED) is 0.240. The first kappa shape index (κ1) is 27.4. The van der Waals surface area contributed by atoms with Gasteiger partial charge in [0.25, 0.3) is 5.91 Å². The van der Waals surface area contributed by atoms with Gasteiger partial charge in [0.2, 0.25) is 23.8 Å². The number of aromatic amines is 1. The van der Waals surface area contributed by atoms with Crippen LogP contribution in [0, 0.1) is 0 Å². The first-order valence-corrected chi connectivity index (χ1v) is 13.8. The van der Waals surface area contributed by atoms with Crippen LogP contribution in [0.3, 0.4) is 0 Å². The van der Waals surface area contributed by atoms with Crippen molar-refractivity contribution in [2.24, 2.45) is 5.73 Å². The molecule has 0 saturated carbocycles. The number of fused-ring (bicyclic) bond motifs is 1. The summed E-state index contributed by atoms with van der Waals surface area (Å²) in [5.74, 6) is 1.41. The van der Waals surface area contributed by atoms with Crippen LogP contribution in [0.25, 0.3) is 22.4 Å². The SMILES string of the molecule is C[C@H](NC(=O)c1ccc2nc(Nc3ccc(-c4nc(N5CCOCC5)nc(N5CCOCC5)n4)cc3)[nH]c2c1)C(N)=O. The Kier molecular flexibility index (Phi) is 7.79. The number of rotatable bonds is 8. The summed E-state index contributed by atoms with van der Waals surface area (Å²) in [7, 11) is 0. The molecule has 1 atom stereocenters. The van der Waals surface area contributed by atoms with Gasteiger partial charge in [-0.1, -0.05) is 0 Å². The van der Waals surface area contributed by atoms with Crippen LogP contribution in [0.15, 0.2) is 42.5 Å². The number of primary amides is 1. The summed E-state index contributed by atoms with van der Waals surface area (Å²) >= 11 is 0. The number of nitrogens with zero attached hydrogens (tertiary/aromatic N) is 6. The molecule has 14 nitrogen and oxygen atoms in total. The molecule has 2 fully saturated rings. The zero-order chi connectivity index (χ0) is 29.1. The fraction of sp³-hybridized carbons (Fsp3) is 0.357. The summed E-state index contributed by atoms with van der Waals surface area (Å²) < 4.78 is 11.0. The molecule has 2 aliphatic heterocycles. The highest BCUT2D eigenvalue weighted by Crippen LogP contribution is 2.25. The highest BCUT2D eigenvalue weighted by atomic mass is 16.5. The summed E-state index contributed by atoms with van der Waals surface area (Å²) in [4.78, 5) is 50.2. The largest absolute Gasteiger partial charge is 0.378 e. The van der Waals surface area contributed by atoms with E-state index in [1.54, 1.807) is 18.2 Å². The Morgan fingerprint density at radius 2 is 1.50 bits per heavy atom. The summed E-state index contributed by atoms with van der Waals surface area (Å²) in [6.45, 7) is 7.00. The minimum Gasteiger partial charge on any atom is -0.378 e. The van der Waals surface area contributed by atoms with Gasteiger partial charge in [-0.05, 0) is 49.4 Å². The molecule has 0 unspecified atom stereocenters. The number of imidazole rings is 1. The highest BCUT2D eigenvalue weighted by molar-refractivity contribution is 5.99. The smallest absolute Gasteiger partial charge is 0.251 e. The Hall–Kier alpha value is -4.82. The molecule has 0 radical (unpaired) electrons. The van der Waals surface area contributed by atoms with Crippen molar-refractivity contribution in [3.05, 3.63) is 48.0 Å². The molecule has 14 heteroatoms. The number of aromatic nitrogens is 5. The van der Waals surface area contributed by atoms with Crippen molar-refractivity contribution < 1.29 is 19.1 Å². The first-order valence-electron chi connectivity index (χ1n) is 13.8. The lowest BCUT2D eigenvalue weighted by Crippen LogP contribution is -2.42. The van der Waals surface area contributed by atoms with Crippen LogP contribution >= 0.6 is 0 Å². The fourth-order valence-electron chi connectivity index (χ4n) is 4.69. The lowest BCUT2D eigenvalue weighted by atomic mass is 10.1. The molecule has 4 aromatic rings. The second-order valence-corrected chi connectivity index (χ2v) is 10.1. The topological polar surface area (TPSA) is 177 Å². The number of anilines is 4. The number of benzene rings is 2. The second kappa shape index (κ2) is 12.0. The molecule has 0 bridgehead atoms. The first-order chi connectivity index (χ1) is 20.4. The fourth-order valence-corrected chi connectivity index (χ4v) is 4.69. The third-order valence-electron chi connectivity index (χ3n) is 7.12. The van der Waals surface area contributed by atoms with Crippen LogP contribution in [0.5, 0.6) is 0 Å². The second-order valence-electron chi connectivity index (χ2n) is 10.1. The number of morpholine rings is 2. The van der Waals surface area contributed by atoms with E-state index in [-0.39, 0.29) is 0 Å². The third kappa shape index (κ3) is 6.09. The molecule has 2 saturated heterocycles. The molecule has 6 rings (SSSR count). The molecule has 2 aliphatic rings. The van der Waals surface area contributed by atoms with E-state index < -0.39 is 17.9 Å². The monoisotopic (exact) mass is 572 g/mol. The Balaban J connectivity index is 1.20. The molecule has 5 N–H and O–H groups in total. The van der Waals surface area contributed by atoms with Crippen LogP contribution in [0.4, 0.5) is 23.5 Å². The van der Waals surface area contributed by atoms with E-state index in [1.807, 2.05) is 24.3 Å². The van der Waals surface area contributed by atoms with Crippen molar-refractivity contribution in [1.82, 2.24) is 30.2 Å².